The third-order valence-corrected chi connectivity index (χ3v) is 4.87. The van der Waals surface area contributed by atoms with Crippen molar-refractivity contribution in [2.45, 2.75) is 10.8 Å². The maximum Gasteiger partial charge on any atom is 0.258 e. The van der Waals surface area contributed by atoms with Gasteiger partial charge in [-0.1, -0.05) is 36.4 Å². The summed E-state index contributed by atoms with van der Waals surface area (Å²) < 4.78 is 12.7. The van der Waals surface area contributed by atoms with Crippen LogP contribution >= 0.6 is 0 Å². The Balaban J connectivity index is 1.82. The molecule has 0 saturated heterocycles. The number of carbonyl (C=O) groups excluding carboxylic acids is 1. The topological polar surface area (TPSA) is 85.1 Å². The molecule has 0 aliphatic heterocycles. The number of nitrogens with zero attached hydrogens (tertiary/aromatic N) is 1. The van der Waals surface area contributed by atoms with Crippen molar-refractivity contribution in [3.05, 3.63) is 84.1 Å². The molecule has 1 unspecified atom stereocenters. The Morgan fingerprint density at radius 3 is 2.60 bits per heavy atom. The number of pyridine rings is 1. The molecule has 0 aliphatic carbocycles. The van der Waals surface area contributed by atoms with Gasteiger partial charge in [-0.15, -0.1) is 0 Å². The van der Waals surface area contributed by atoms with E-state index in [9.17, 15) is 9.00 Å². The van der Waals surface area contributed by atoms with Crippen LogP contribution in [-0.4, -0.2) is 15.1 Å². The van der Waals surface area contributed by atoms with Gasteiger partial charge in [0.15, 0.2) is 0 Å². The molecule has 3 N–H and O–H groups in total. The fraction of sp³-hybridized carbons (Fsp3) is 0.0526. The SMILES string of the molecule is Nc1cccc(NC(=O)c2cccnc2S(=O)Cc2ccccc2)c1. The van der Waals surface area contributed by atoms with E-state index in [1.54, 1.807) is 36.4 Å². The summed E-state index contributed by atoms with van der Waals surface area (Å²) in [5.74, 6) is -0.0636. The number of nitrogen functional groups attached to an aromatic ring is 1. The lowest BCUT2D eigenvalue weighted by atomic mass is 10.2. The van der Waals surface area contributed by atoms with Crippen LogP contribution < -0.4 is 11.1 Å². The largest absolute Gasteiger partial charge is 0.399 e. The second-order valence-electron chi connectivity index (χ2n) is 5.41. The van der Waals surface area contributed by atoms with Crippen LogP contribution in [0.4, 0.5) is 11.4 Å². The highest BCUT2D eigenvalue weighted by molar-refractivity contribution is 7.84. The third-order valence-electron chi connectivity index (χ3n) is 3.52. The molecule has 0 aliphatic rings. The number of benzene rings is 2. The first-order valence-electron chi connectivity index (χ1n) is 7.68. The predicted molar refractivity (Wildman–Crippen MR) is 99.6 cm³/mol. The summed E-state index contributed by atoms with van der Waals surface area (Å²) in [5, 5.41) is 3.04. The minimum absolute atomic E-state index is 0.271. The van der Waals surface area contributed by atoms with E-state index in [1.807, 2.05) is 30.3 Å². The Kier molecular flexibility index (Phi) is 5.20. The van der Waals surface area contributed by atoms with Crippen LogP contribution in [-0.2, 0) is 16.6 Å². The standard InChI is InChI=1S/C19H17N3O2S/c20-15-8-4-9-16(12-15)22-18(23)17-10-5-11-21-19(17)25(24)13-14-6-2-1-3-7-14/h1-12H,13,20H2,(H,22,23). The van der Waals surface area contributed by atoms with Crippen LogP contribution in [0.5, 0.6) is 0 Å². The lowest BCUT2D eigenvalue weighted by Crippen LogP contribution is -2.16. The number of anilines is 2. The Morgan fingerprint density at radius 1 is 1.04 bits per heavy atom. The van der Waals surface area contributed by atoms with Crippen LogP contribution in [0.1, 0.15) is 15.9 Å². The van der Waals surface area contributed by atoms with E-state index in [-0.39, 0.29) is 10.9 Å². The van der Waals surface area contributed by atoms with E-state index < -0.39 is 10.8 Å². The molecule has 1 aromatic heterocycles. The normalized spacial score (nSPS) is 11.7. The molecule has 0 bridgehead atoms. The number of carbonyl (C=O) groups is 1. The molecule has 25 heavy (non-hydrogen) atoms. The zero-order valence-electron chi connectivity index (χ0n) is 13.4. The maximum atomic E-state index is 12.7. The summed E-state index contributed by atoms with van der Waals surface area (Å²) in [4.78, 5) is 16.7. The van der Waals surface area contributed by atoms with Gasteiger partial charge in [0.2, 0.25) is 0 Å². The fourth-order valence-corrected chi connectivity index (χ4v) is 3.57. The molecule has 0 radical (unpaired) electrons. The van der Waals surface area contributed by atoms with Crippen LogP contribution in [0.3, 0.4) is 0 Å². The minimum atomic E-state index is -1.43. The predicted octanol–water partition coefficient (Wildman–Crippen LogP) is 3.22. The summed E-state index contributed by atoms with van der Waals surface area (Å²) in [7, 11) is -1.43. The van der Waals surface area contributed by atoms with Gasteiger partial charge in [0, 0.05) is 17.6 Å². The molecular weight excluding hydrogens is 334 g/mol. The quantitative estimate of drug-likeness (QED) is 0.691. The van der Waals surface area contributed by atoms with Gasteiger partial charge < -0.3 is 11.1 Å². The van der Waals surface area contributed by atoms with E-state index in [0.717, 1.165) is 5.56 Å². The summed E-state index contributed by atoms with van der Waals surface area (Å²) in [6.45, 7) is 0. The Hall–Kier alpha value is -2.99. The number of aromatic nitrogens is 1. The molecule has 0 fully saturated rings. The van der Waals surface area contributed by atoms with Crippen LogP contribution in [0, 0.1) is 0 Å². The second-order valence-corrected chi connectivity index (χ2v) is 6.78. The van der Waals surface area contributed by atoms with Crippen molar-refractivity contribution in [2.75, 3.05) is 11.1 Å². The van der Waals surface area contributed by atoms with Crippen molar-refractivity contribution < 1.29 is 9.00 Å². The lowest BCUT2D eigenvalue weighted by Gasteiger charge is -2.10. The van der Waals surface area contributed by atoms with Gasteiger partial charge in [0.1, 0.15) is 5.03 Å². The number of hydrogen-bond acceptors (Lipinski definition) is 4. The summed E-state index contributed by atoms with van der Waals surface area (Å²) in [6, 6.07) is 19.6. The molecular formula is C19H17N3O2S. The highest BCUT2D eigenvalue weighted by Crippen LogP contribution is 2.18. The fourth-order valence-electron chi connectivity index (χ4n) is 2.35. The lowest BCUT2D eigenvalue weighted by molar-refractivity contribution is 0.102. The molecule has 1 atom stereocenters. The third kappa shape index (κ3) is 4.30. The van der Waals surface area contributed by atoms with Gasteiger partial charge in [0.25, 0.3) is 5.91 Å². The number of hydrogen-bond donors (Lipinski definition) is 2. The van der Waals surface area contributed by atoms with Crippen molar-refractivity contribution in [3.8, 4) is 0 Å². The number of nitrogens with two attached hydrogens (primary N) is 1. The Morgan fingerprint density at radius 2 is 1.84 bits per heavy atom. The number of rotatable bonds is 5. The first-order valence-corrected chi connectivity index (χ1v) is 8.99. The summed E-state index contributed by atoms with van der Waals surface area (Å²) in [6.07, 6.45) is 1.54. The Bertz CT molecular complexity index is 913. The first kappa shape index (κ1) is 16.9. The van der Waals surface area contributed by atoms with E-state index in [4.69, 9.17) is 5.73 Å². The summed E-state index contributed by atoms with van der Waals surface area (Å²) in [5.41, 5.74) is 8.07. The van der Waals surface area contributed by atoms with Gasteiger partial charge >= 0.3 is 0 Å². The van der Waals surface area contributed by atoms with Crippen molar-refractivity contribution in [3.63, 3.8) is 0 Å². The smallest absolute Gasteiger partial charge is 0.258 e. The van der Waals surface area contributed by atoms with E-state index in [0.29, 0.717) is 22.7 Å². The molecule has 1 heterocycles. The second kappa shape index (κ2) is 7.72. The maximum absolute atomic E-state index is 12.7. The molecule has 0 saturated carbocycles. The van der Waals surface area contributed by atoms with Gasteiger partial charge in [0.05, 0.1) is 22.1 Å². The molecule has 5 nitrogen and oxygen atoms in total. The molecule has 3 aromatic rings. The Labute approximate surface area is 148 Å². The molecule has 126 valence electrons. The molecule has 0 spiro atoms. The van der Waals surface area contributed by atoms with Crippen molar-refractivity contribution in [1.29, 1.82) is 0 Å². The zero-order valence-corrected chi connectivity index (χ0v) is 14.2. The highest BCUT2D eigenvalue weighted by atomic mass is 32.2. The van der Waals surface area contributed by atoms with Gasteiger partial charge in [-0.25, -0.2) is 4.98 Å². The first-order chi connectivity index (χ1) is 12.1. The molecule has 6 heteroatoms. The minimum Gasteiger partial charge on any atom is -0.399 e. The van der Waals surface area contributed by atoms with E-state index in [1.165, 1.54) is 6.20 Å². The van der Waals surface area contributed by atoms with Crippen LogP contribution in [0.15, 0.2) is 78.0 Å². The summed E-state index contributed by atoms with van der Waals surface area (Å²) >= 11 is 0. The average Bonchev–Trinajstić information content (AvgIpc) is 2.62. The van der Waals surface area contributed by atoms with Crippen molar-refractivity contribution in [1.82, 2.24) is 4.98 Å². The van der Waals surface area contributed by atoms with E-state index >= 15 is 0 Å². The average molecular weight is 351 g/mol. The van der Waals surface area contributed by atoms with E-state index in [2.05, 4.69) is 10.3 Å². The van der Waals surface area contributed by atoms with Crippen molar-refractivity contribution >= 4 is 28.1 Å². The molecule has 3 rings (SSSR count). The van der Waals surface area contributed by atoms with Crippen molar-refractivity contribution in [2.24, 2.45) is 0 Å². The number of amides is 1. The molecule has 1 amide bonds. The molecule has 2 aromatic carbocycles. The number of nitrogens with one attached hydrogen (secondary N) is 1. The highest BCUT2D eigenvalue weighted by Gasteiger charge is 2.17. The van der Waals surface area contributed by atoms with Gasteiger partial charge in [-0.3, -0.25) is 9.00 Å². The van der Waals surface area contributed by atoms with Crippen LogP contribution in [0.25, 0.3) is 0 Å². The zero-order chi connectivity index (χ0) is 17.6. The van der Waals surface area contributed by atoms with Crippen LogP contribution in [0.2, 0.25) is 0 Å². The van der Waals surface area contributed by atoms with Gasteiger partial charge in [-0.2, -0.15) is 0 Å². The monoisotopic (exact) mass is 351 g/mol. The van der Waals surface area contributed by atoms with Gasteiger partial charge in [-0.05, 0) is 35.9 Å².